The van der Waals surface area contributed by atoms with Gasteiger partial charge in [-0.15, -0.1) is 0 Å². The molecule has 2 rings (SSSR count). The molecule has 0 saturated heterocycles. The van der Waals surface area contributed by atoms with Crippen molar-refractivity contribution in [2.24, 2.45) is 0 Å². The summed E-state index contributed by atoms with van der Waals surface area (Å²) >= 11 is 0. The third kappa shape index (κ3) is 3.49. The second-order valence-electron chi connectivity index (χ2n) is 4.16. The highest BCUT2D eigenvalue weighted by Gasteiger charge is 2.22. The molecule has 0 aromatic heterocycles. The Morgan fingerprint density at radius 3 is 2.82 bits per heavy atom. The van der Waals surface area contributed by atoms with Crippen molar-refractivity contribution in [3.05, 3.63) is 35.4 Å². The van der Waals surface area contributed by atoms with Gasteiger partial charge in [-0.2, -0.15) is 0 Å². The van der Waals surface area contributed by atoms with Crippen LogP contribution >= 0.6 is 0 Å². The van der Waals surface area contributed by atoms with E-state index in [1.165, 1.54) is 12.1 Å². The average Bonchev–Trinajstić information content (AvgIpc) is 3.08. The molecule has 5 heteroatoms. The first kappa shape index (κ1) is 12.0. The molecule has 1 fully saturated rings. The molecule has 92 valence electrons. The van der Waals surface area contributed by atoms with Gasteiger partial charge in [0.25, 0.3) is 0 Å². The van der Waals surface area contributed by atoms with Crippen molar-refractivity contribution in [3.63, 3.8) is 0 Å². The van der Waals surface area contributed by atoms with E-state index >= 15 is 0 Å². The number of carbonyl (C=O) groups is 1. The molecule has 1 aliphatic rings. The van der Waals surface area contributed by atoms with Crippen LogP contribution in [-0.2, 0) is 11.3 Å². The van der Waals surface area contributed by atoms with Crippen LogP contribution < -0.4 is 10.6 Å². The van der Waals surface area contributed by atoms with Gasteiger partial charge in [-0.25, -0.2) is 8.78 Å². The van der Waals surface area contributed by atoms with Gasteiger partial charge in [-0.3, -0.25) is 4.79 Å². The summed E-state index contributed by atoms with van der Waals surface area (Å²) in [7, 11) is 0. The zero-order chi connectivity index (χ0) is 12.3. The van der Waals surface area contributed by atoms with Gasteiger partial charge < -0.3 is 10.6 Å². The molecule has 0 heterocycles. The zero-order valence-electron chi connectivity index (χ0n) is 9.30. The van der Waals surface area contributed by atoms with Crippen molar-refractivity contribution in [1.82, 2.24) is 10.6 Å². The number of hydrogen-bond donors (Lipinski definition) is 2. The van der Waals surface area contributed by atoms with Crippen LogP contribution in [0.3, 0.4) is 0 Å². The molecule has 2 N–H and O–H groups in total. The van der Waals surface area contributed by atoms with E-state index in [1.807, 2.05) is 0 Å². The number of rotatable bonds is 5. The van der Waals surface area contributed by atoms with Crippen LogP contribution in [0.15, 0.2) is 18.2 Å². The minimum absolute atomic E-state index is 0.107. The molecule has 1 aliphatic carbocycles. The van der Waals surface area contributed by atoms with Gasteiger partial charge in [-0.05, 0) is 18.9 Å². The topological polar surface area (TPSA) is 41.1 Å². The Labute approximate surface area is 98.2 Å². The molecule has 1 saturated carbocycles. The van der Waals surface area contributed by atoms with Crippen LogP contribution in [0, 0.1) is 11.6 Å². The van der Waals surface area contributed by atoms with Gasteiger partial charge >= 0.3 is 0 Å². The monoisotopic (exact) mass is 240 g/mol. The maximum absolute atomic E-state index is 13.2. The smallest absolute Gasteiger partial charge is 0.234 e. The summed E-state index contributed by atoms with van der Waals surface area (Å²) in [6.07, 6.45) is 2.06. The first-order valence-electron chi connectivity index (χ1n) is 5.60. The normalized spacial score (nSPS) is 14.7. The van der Waals surface area contributed by atoms with Crippen molar-refractivity contribution < 1.29 is 13.6 Å². The van der Waals surface area contributed by atoms with Crippen LogP contribution in [0.5, 0.6) is 0 Å². The molecule has 0 aliphatic heterocycles. The fourth-order valence-electron chi connectivity index (χ4n) is 1.50. The fourth-order valence-corrected chi connectivity index (χ4v) is 1.50. The average molecular weight is 240 g/mol. The summed E-state index contributed by atoms with van der Waals surface area (Å²) in [5.41, 5.74) is 0.226. The molecular formula is C12H14F2N2O. The lowest BCUT2D eigenvalue weighted by molar-refractivity contribution is -0.120. The minimum Gasteiger partial charge on any atom is -0.352 e. The lowest BCUT2D eigenvalue weighted by atomic mass is 10.2. The zero-order valence-corrected chi connectivity index (χ0v) is 9.30. The molecule has 3 nitrogen and oxygen atoms in total. The first-order chi connectivity index (χ1) is 8.16. The molecule has 0 atom stereocenters. The van der Waals surface area contributed by atoms with E-state index in [0.29, 0.717) is 6.04 Å². The second kappa shape index (κ2) is 5.23. The van der Waals surface area contributed by atoms with E-state index in [2.05, 4.69) is 10.6 Å². The molecule has 1 amide bonds. The number of carbonyl (C=O) groups excluding carboxylic acids is 1. The van der Waals surface area contributed by atoms with Crippen molar-refractivity contribution >= 4 is 5.91 Å². The minimum atomic E-state index is -0.869. The van der Waals surface area contributed by atoms with Gasteiger partial charge in [0.05, 0.1) is 6.54 Å². The Hall–Kier alpha value is -1.49. The Kier molecular flexibility index (Phi) is 3.68. The maximum Gasteiger partial charge on any atom is 0.234 e. The summed E-state index contributed by atoms with van der Waals surface area (Å²) in [5.74, 6) is -1.83. The lowest BCUT2D eigenvalue weighted by Crippen LogP contribution is -2.34. The van der Waals surface area contributed by atoms with Crippen molar-refractivity contribution in [1.29, 1.82) is 0 Å². The number of amides is 1. The summed E-state index contributed by atoms with van der Waals surface area (Å²) in [6.45, 7) is 0.258. The third-order valence-corrected chi connectivity index (χ3v) is 2.58. The van der Waals surface area contributed by atoms with Gasteiger partial charge in [0.2, 0.25) is 5.91 Å². The highest BCUT2D eigenvalue weighted by Crippen LogP contribution is 2.18. The Balaban J connectivity index is 1.77. The van der Waals surface area contributed by atoms with Crippen molar-refractivity contribution in [2.45, 2.75) is 25.4 Å². The van der Waals surface area contributed by atoms with Crippen LogP contribution in [0.2, 0.25) is 0 Å². The highest BCUT2D eigenvalue weighted by molar-refractivity contribution is 5.78. The van der Waals surface area contributed by atoms with Crippen LogP contribution in [-0.4, -0.2) is 18.5 Å². The number of hydrogen-bond acceptors (Lipinski definition) is 2. The van der Waals surface area contributed by atoms with E-state index in [9.17, 15) is 13.6 Å². The van der Waals surface area contributed by atoms with E-state index < -0.39 is 11.6 Å². The van der Waals surface area contributed by atoms with E-state index in [1.54, 1.807) is 0 Å². The molecule has 0 spiro atoms. The van der Waals surface area contributed by atoms with E-state index in [-0.39, 0.29) is 24.6 Å². The number of nitrogens with one attached hydrogen (secondary N) is 2. The molecule has 1 aromatic carbocycles. The Morgan fingerprint density at radius 1 is 1.35 bits per heavy atom. The van der Waals surface area contributed by atoms with Gasteiger partial charge in [0.15, 0.2) is 11.6 Å². The third-order valence-electron chi connectivity index (χ3n) is 2.58. The summed E-state index contributed by atoms with van der Waals surface area (Å²) in [5, 5.41) is 5.58. The molecular weight excluding hydrogens is 226 g/mol. The van der Waals surface area contributed by atoms with Crippen LogP contribution in [0.4, 0.5) is 8.78 Å². The van der Waals surface area contributed by atoms with Crippen LogP contribution in [0.25, 0.3) is 0 Å². The van der Waals surface area contributed by atoms with Crippen molar-refractivity contribution in [2.75, 3.05) is 6.54 Å². The SMILES string of the molecule is O=C(CNCc1cccc(F)c1F)NC1CC1. The van der Waals surface area contributed by atoms with Crippen LogP contribution in [0.1, 0.15) is 18.4 Å². The lowest BCUT2D eigenvalue weighted by Gasteiger charge is -2.06. The molecule has 1 aromatic rings. The molecule has 0 unspecified atom stereocenters. The summed E-state index contributed by atoms with van der Waals surface area (Å²) in [4.78, 5) is 11.3. The molecule has 0 radical (unpaired) electrons. The highest BCUT2D eigenvalue weighted by atomic mass is 19.2. The quantitative estimate of drug-likeness (QED) is 0.815. The number of benzene rings is 1. The predicted octanol–water partition coefficient (Wildman–Crippen LogP) is 1.33. The Morgan fingerprint density at radius 2 is 2.12 bits per heavy atom. The molecule has 17 heavy (non-hydrogen) atoms. The van der Waals surface area contributed by atoms with E-state index in [4.69, 9.17) is 0 Å². The van der Waals surface area contributed by atoms with Gasteiger partial charge in [0, 0.05) is 18.2 Å². The standard InChI is InChI=1S/C12H14F2N2O/c13-10-3-1-2-8(12(10)14)6-15-7-11(17)16-9-4-5-9/h1-3,9,15H,4-7H2,(H,16,17). The maximum atomic E-state index is 13.2. The Bertz CT molecular complexity index is 419. The predicted molar refractivity (Wildman–Crippen MR) is 59.2 cm³/mol. The largest absolute Gasteiger partial charge is 0.352 e. The fraction of sp³-hybridized carbons (Fsp3) is 0.417. The van der Waals surface area contributed by atoms with E-state index in [0.717, 1.165) is 18.9 Å². The summed E-state index contributed by atoms with van der Waals surface area (Å²) < 4.78 is 26.1. The summed E-state index contributed by atoms with van der Waals surface area (Å²) in [6, 6.07) is 4.32. The van der Waals surface area contributed by atoms with Gasteiger partial charge in [-0.1, -0.05) is 12.1 Å². The van der Waals surface area contributed by atoms with Gasteiger partial charge in [0.1, 0.15) is 0 Å². The van der Waals surface area contributed by atoms with Crippen molar-refractivity contribution in [3.8, 4) is 0 Å². The number of halogens is 2. The molecule has 0 bridgehead atoms. The second-order valence-corrected chi connectivity index (χ2v) is 4.16. The first-order valence-corrected chi connectivity index (χ1v) is 5.60.